The number of nitrogens with one attached hydrogen (secondary N) is 1. The molecule has 0 saturated carbocycles. The number of nitrogens with two attached hydrogens (primary N) is 1. The van der Waals surface area contributed by atoms with Crippen LogP contribution in [-0.2, 0) is 16.6 Å². The van der Waals surface area contributed by atoms with Crippen LogP contribution < -0.4 is 10.5 Å². The van der Waals surface area contributed by atoms with Gasteiger partial charge in [0.25, 0.3) is 0 Å². The highest BCUT2D eigenvalue weighted by Crippen LogP contribution is 2.17. The number of aryl methyl sites for hydroxylation is 2. The van der Waals surface area contributed by atoms with E-state index in [1.54, 1.807) is 25.1 Å². The number of rotatable bonds is 4. The van der Waals surface area contributed by atoms with Crippen LogP contribution in [-0.4, -0.2) is 8.42 Å². The summed E-state index contributed by atoms with van der Waals surface area (Å²) >= 11 is 0. The quantitative estimate of drug-likeness (QED) is 0.838. The van der Waals surface area contributed by atoms with Crippen molar-refractivity contribution in [3.05, 3.63) is 47.4 Å². The Hall–Kier alpha value is -1.79. The van der Waals surface area contributed by atoms with Crippen molar-refractivity contribution in [2.75, 3.05) is 5.73 Å². The maximum Gasteiger partial charge on any atom is 0.241 e. The topological polar surface area (TPSA) is 85.3 Å². The van der Waals surface area contributed by atoms with E-state index in [0.29, 0.717) is 11.4 Å². The molecule has 0 saturated heterocycles. The molecule has 3 N–H and O–H groups in total. The van der Waals surface area contributed by atoms with Gasteiger partial charge in [-0.25, -0.2) is 13.1 Å². The second kappa shape index (κ2) is 5.07. The normalized spacial score (nSPS) is 11.7. The lowest BCUT2D eigenvalue weighted by molar-refractivity contribution is 0.475. The zero-order valence-corrected chi connectivity index (χ0v) is 11.6. The fourth-order valence-corrected chi connectivity index (χ4v) is 2.64. The summed E-state index contributed by atoms with van der Waals surface area (Å²) in [5, 5.41) is 0. The summed E-state index contributed by atoms with van der Waals surface area (Å²) in [5.41, 5.74) is 7.02. The van der Waals surface area contributed by atoms with E-state index in [9.17, 15) is 8.42 Å². The molecule has 0 radical (unpaired) electrons. The van der Waals surface area contributed by atoms with Crippen molar-refractivity contribution < 1.29 is 12.8 Å². The van der Waals surface area contributed by atoms with Gasteiger partial charge in [0, 0.05) is 5.69 Å². The molecule has 5 nitrogen and oxygen atoms in total. The summed E-state index contributed by atoms with van der Waals surface area (Å²) in [6, 6.07) is 8.18. The minimum atomic E-state index is -3.58. The fraction of sp³-hybridized carbons (Fsp3) is 0.231. The molecule has 0 bridgehead atoms. The first kappa shape index (κ1) is 13.6. The highest BCUT2D eigenvalue weighted by molar-refractivity contribution is 7.89. The molecule has 0 spiro atoms. The van der Waals surface area contributed by atoms with Crippen LogP contribution in [0.15, 0.2) is 39.6 Å². The van der Waals surface area contributed by atoms with Crippen molar-refractivity contribution in [3.63, 3.8) is 0 Å². The molecule has 0 fully saturated rings. The van der Waals surface area contributed by atoms with E-state index in [1.165, 1.54) is 12.1 Å². The van der Waals surface area contributed by atoms with Crippen molar-refractivity contribution in [2.24, 2.45) is 0 Å². The molecule has 1 heterocycles. The largest absolute Gasteiger partial charge is 0.465 e. The third-order valence-electron chi connectivity index (χ3n) is 2.79. The van der Waals surface area contributed by atoms with Crippen LogP contribution in [0, 0.1) is 13.8 Å². The van der Waals surface area contributed by atoms with Crippen molar-refractivity contribution in [2.45, 2.75) is 25.3 Å². The maximum absolute atomic E-state index is 12.1. The Labute approximate surface area is 112 Å². The molecule has 0 amide bonds. The van der Waals surface area contributed by atoms with E-state index in [4.69, 9.17) is 10.2 Å². The summed E-state index contributed by atoms with van der Waals surface area (Å²) in [6.45, 7) is 3.74. The molecule has 0 aliphatic carbocycles. The summed E-state index contributed by atoms with van der Waals surface area (Å²) in [7, 11) is -3.58. The number of benzene rings is 1. The third-order valence-corrected chi connectivity index (χ3v) is 4.19. The van der Waals surface area contributed by atoms with E-state index in [-0.39, 0.29) is 11.4 Å². The highest BCUT2D eigenvalue weighted by Gasteiger charge is 2.15. The molecular formula is C13H16N2O3S. The van der Waals surface area contributed by atoms with Gasteiger partial charge >= 0.3 is 0 Å². The van der Waals surface area contributed by atoms with Crippen molar-refractivity contribution in [3.8, 4) is 0 Å². The van der Waals surface area contributed by atoms with Crippen LogP contribution in [0.3, 0.4) is 0 Å². The van der Waals surface area contributed by atoms with Crippen LogP contribution in [0.4, 0.5) is 5.69 Å². The van der Waals surface area contributed by atoms with Crippen LogP contribution in [0.25, 0.3) is 0 Å². The third kappa shape index (κ3) is 3.15. The fourth-order valence-electron chi connectivity index (χ4n) is 1.62. The predicted molar refractivity (Wildman–Crippen MR) is 73.1 cm³/mol. The number of nitrogen functional groups attached to an aromatic ring is 1. The Kier molecular flexibility index (Phi) is 3.64. The predicted octanol–water partition coefficient (Wildman–Crippen LogP) is 1.96. The number of sulfonamides is 1. The Morgan fingerprint density at radius 3 is 2.53 bits per heavy atom. The highest BCUT2D eigenvalue weighted by atomic mass is 32.2. The van der Waals surface area contributed by atoms with Gasteiger partial charge in [0.15, 0.2) is 0 Å². The molecule has 0 aliphatic rings. The van der Waals surface area contributed by atoms with E-state index < -0.39 is 10.0 Å². The minimum Gasteiger partial charge on any atom is -0.465 e. The minimum absolute atomic E-state index is 0.115. The molecule has 0 atom stereocenters. The molecular weight excluding hydrogens is 264 g/mol. The SMILES string of the molecule is Cc1ccc(CNS(=O)(=O)c2ccc(C)c(N)c2)o1. The molecule has 2 rings (SSSR count). The Morgan fingerprint density at radius 2 is 1.95 bits per heavy atom. The van der Waals surface area contributed by atoms with Crippen molar-refractivity contribution >= 4 is 15.7 Å². The van der Waals surface area contributed by atoms with Crippen LogP contribution in [0.1, 0.15) is 17.1 Å². The first-order chi connectivity index (χ1) is 8.88. The van der Waals surface area contributed by atoms with Gasteiger partial charge in [0.1, 0.15) is 11.5 Å². The maximum atomic E-state index is 12.1. The molecule has 19 heavy (non-hydrogen) atoms. The van der Waals surface area contributed by atoms with Gasteiger partial charge in [-0.05, 0) is 43.7 Å². The lowest BCUT2D eigenvalue weighted by Crippen LogP contribution is -2.23. The van der Waals surface area contributed by atoms with Gasteiger partial charge in [-0.15, -0.1) is 0 Å². The van der Waals surface area contributed by atoms with Crippen molar-refractivity contribution in [1.82, 2.24) is 4.72 Å². The lowest BCUT2D eigenvalue weighted by atomic mass is 10.2. The van der Waals surface area contributed by atoms with E-state index in [2.05, 4.69) is 4.72 Å². The van der Waals surface area contributed by atoms with Gasteiger partial charge in [-0.1, -0.05) is 6.07 Å². The summed E-state index contributed by atoms with van der Waals surface area (Å²) < 4.78 is 31.9. The number of furan rings is 1. The van der Waals surface area contributed by atoms with Gasteiger partial charge in [0.05, 0.1) is 11.4 Å². The molecule has 1 aromatic heterocycles. The summed E-state index contributed by atoms with van der Waals surface area (Å²) in [4.78, 5) is 0.152. The average Bonchev–Trinajstić information content (AvgIpc) is 2.76. The summed E-state index contributed by atoms with van der Waals surface area (Å²) in [6.07, 6.45) is 0. The van der Waals surface area contributed by atoms with Gasteiger partial charge < -0.3 is 10.2 Å². The number of hydrogen-bond donors (Lipinski definition) is 2. The average molecular weight is 280 g/mol. The monoisotopic (exact) mass is 280 g/mol. The number of hydrogen-bond acceptors (Lipinski definition) is 4. The van der Waals surface area contributed by atoms with E-state index in [1.807, 2.05) is 6.92 Å². The smallest absolute Gasteiger partial charge is 0.241 e. The second-order valence-corrected chi connectivity index (χ2v) is 6.12. The summed E-state index contributed by atoms with van der Waals surface area (Å²) in [5.74, 6) is 1.31. The first-order valence-electron chi connectivity index (χ1n) is 5.79. The Bertz CT molecular complexity index is 690. The van der Waals surface area contributed by atoms with E-state index in [0.717, 1.165) is 11.3 Å². The molecule has 6 heteroatoms. The Balaban J connectivity index is 2.16. The van der Waals surface area contributed by atoms with E-state index >= 15 is 0 Å². The van der Waals surface area contributed by atoms with Crippen LogP contribution in [0.5, 0.6) is 0 Å². The van der Waals surface area contributed by atoms with Gasteiger partial charge in [0.2, 0.25) is 10.0 Å². The van der Waals surface area contributed by atoms with Gasteiger partial charge in [-0.3, -0.25) is 0 Å². The zero-order valence-electron chi connectivity index (χ0n) is 10.8. The molecule has 1 aromatic carbocycles. The lowest BCUT2D eigenvalue weighted by Gasteiger charge is -2.07. The van der Waals surface area contributed by atoms with Gasteiger partial charge in [-0.2, -0.15) is 0 Å². The first-order valence-corrected chi connectivity index (χ1v) is 7.28. The standard InChI is InChI=1S/C13H16N2O3S/c1-9-3-6-12(7-13(9)14)19(16,17)15-8-11-5-4-10(2)18-11/h3-7,15H,8,14H2,1-2H3. The van der Waals surface area contributed by atoms with Crippen LogP contribution >= 0.6 is 0 Å². The number of anilines is 1. The van der Waals surface area contributed by atoms with Crippen LogP contribution in [0.2, 0.25) is 0 Å². The van der Waals surface area contributed by atoms with Crippen molar-refractivity contribution in [1.29, 1.82) is 0 Å². The molecule has 102 valence electrons. The molecule has 0 aliphatic heterocycles. The zero-order chi connectivity index (χ0) is 14.0. The Morgan fingerprint density at radius 1 is 1.21 bits per heavy atom. The molecule has 2 aromatic rings. The molecule has 0 unspecified atom stereocenters. The second-order valence-electron chi connectivity index (χ2n) is 4.36.